The van der Waals surface area contributed by atoms with Crippen molar-refractivity contribution in [3.8, 4) is 44.8 Å². The molecule has 1 aliphatic carbocycles. The van der Waals surface area contributed by atoms with Crippen molar-refractivity contribution in [2.24, 2.45) is 0 Å². The van der Waals surface area contributed by atoms with Gasteiger partial charge in [0.1, 0.15) is 0 Å². The number of hydrogen-bond acceptors (Lipinski definition) is 0. The molecule has 8 aromatic carbocycles. The topological polar surface area (TPSA) is 9.86 Å². The molecule has 0 spiro atoms. The van der Waals surface area contributed by atoms with Crippen LogP contribution in [0.1, 0.15) is 11.1 Å². The van der Waals surface area contributed by atoms with E-state index in [1.807, 2.05) is 0 Å². The summed E-state index contributed by atoms with van der Waals surface area (Å²) in [4.78, 5) is 0. The second-order valence-electron chi connectivity index (χ2n) is 13.7. The fourth-order valence-corrected chi connectivity index (χ4v) is 8.73. The van der Waals surface area contributed by atoms with Crippen molar-refractivity contribution in [3.05, 3.63) is 193 Å². The third kappa shape index (κ3) is 4.17. The highest BCUT2D eigenvalue weighted by atomic mass is 15.0. The Kier molecular flexibility index (Phi) is 6.05. The molecule has 0 atom stereocenters. The molecule has 10 aromatic rings. The minimum atomic E-state index is 0.948. The number of fused-ring (bicyclic) bond motifs is 9. The Morgan fingerprint density at radius 3 is 1.55 bits per heavy atom. The average molecular weight is 649 g/mol. The molecule has 238 valence electrons. The lowest BCUT2D eigenvalue weighted by atomic mass is 9.93. The maximum Gasteiger partial charge on any atom is 0.0543 e. The van der Waals surface area contributed by atoms with E-state index < -0.39 is 0 Å². The van der Waals surface area contributed by atoms with E-state index in [0.29, 0.717) is 0 Å². The van der Waals surface area contributed by atoms with E-state index >= 15 is 0 Å². The Balaban J connectivity index is 1.12. The summed E-state index contributed by atoms with van der Waals surface area (Å²) in [6, 6.07) is 66.8. The molecule has 0 bridgehead atoms. The van der Waals surface area contributed by atoms with Gasteiger partial charge in [-0.1, -0.05) is 127 Å². The van der Waals surface area contributed by atoms with Crippen molar-refractivity contribution in [3.63, 3.8) is 0 Å². The summed E-state index contributed by atoms with van der Waals surface area (Å²) in [6.45, 7) is 0. The van der Waals surface area contributed by atoms with E-state index in [1.54, 1.807) is 0 Å². The SMILES string of the molecule is c1ccc(-c2cccc3c2-c2c(cccc2-n2c4ccccc4c4cc(-c5ccc6c(c5)c5ccccc5n6-c5ccccc5)ccc42)C3)cc1. The molecule has 2 aromatic heterocycles. The fourth-order valence-electron chi connectivity index (χ4n) is 8.73. The lowest BCUT2D eigenvalue weighted by Crippen LogP contribution is -1.98. The molecule has 0 amide bonds. The highest BCUT2D eigenvalue weighted by Crippen LogP contribution is 2.48. The first-order chi connectivity index (χ1) is 25.3. The Hall–Kier alpha value is -6.64. The summed E-state index contributed by atoms with van der Waals surface area (Å²) in [7, 11) is 0. The first-order valence-electron chi connectivity index (χ1n) is 17.7. The lowest BCUT2D eigenvalue weighted by molar-refractivity contribution is 1.17. The smallest absolute Gasteiger partial charge is 0.0543 e. The predicted molar refractivity (Wildman–Crippen MR) is 214 cm³/mol. The molecule has 0 saturated heterocycles. The molecule has 2 heterocycles. The second-order valence-corrected chi connectivity index (χ2v) is 13.7. The number of para-hydroxylation sites is 3. The van der Waals surface area contributed by atoms with Gasteiger partial charge in [0, 0.05) is 32.8 Å². The van der Waals surface area contributed by atoms with Gasteiger partial charge >= 0.3 is 0 Å². The van der Waals surface area contributed by atoms with Gasteiger partial charge in [0.15, 0.2) is 0 Å². The van der Waals surface area contributed by atoms with Crippen LogP contribution in [-0.2, 0) is 6.42 Å². The van der Waals surface area contributed by atoms with Crippen LogP contribution < -0.4 is 0 Å². The average Bonchev–Trinajstić information content (AvgIpc) is 3.86. The second kappa shape index (κ2) is 10.9. The Labute approximate surface area is 296 Å². The highest BCUT2D eigenvalue weighted by molar-refractivity contribution is 6.13. The van der Waals surface area contributed by atoms with Crippen LogP contribution in [-0.4, -0.2) is 9.13 Å². The van der Waals surface area contributed by atoms with Crippen LogP contribution >= 0.6 is 0 Å². The van der Waals surface area contributed by atoms with E-state index in [9.17, 15) is 0 Å². The van der Waals surface area contributed by atoms with E-state index in [0.717, 1.165) is 6.42 Å². The van der Waals surface area contributed by atoms with Gasteiger partial charge in [-0.3, -0.25) is 0 Å². The summed E-state index contributed by atoms with van der Waals surface area (Å²) in [5.41, 5.74) is 17.8. The summed E-state index contributed by atoms with van der Waals surface area (Å²) in [6.07, 6.45) is 0.948. The summed E-state index contributed by atoms with van der Waals surface area (Å²) in [5.74, 6) is 0. The minimum absolute atomic E-state index is 0.948. The van der Waals surface area contributed by atoms with Crippen molar-refractivity contribution in [1.29, 1.82) is 0 Å². The third-order valence-corrected chi connectivity index (χ3v) is 10.9. The van der Waals surface area contributed by atoms with Crippen molar-refractivity contribution in [2.75, 3.05) is 0 Å². The Morgan fingerprint density at radius 2 is 0.863 bits per heavy atom. The number of rotatable bonds is 4. The molecule has 0 unspecified atom stereocenters. The van der Waals surface area contributed by atoms with Gasteiger partial charge in [0.2, 0.25) is 0 Å². The van der Waals surface area contributed by atoms with Gasteiger partial charge < -0.3 is 9.13 Å². The first kappa shape index (κ1) is 28.2. The molecule has 0 aliphatic heterocycles. The molecule has 11 rings (SSSR count). The summed E-state index contributed by atoms with van der Waals surface area (Å²) < 4.78 is 4.88. The van der Waals surface area contributed by atoms with Crippen molar-refractivity contribution >= 4 is 43.6 Å². The largest absolute Gasteiger partial charge is 0.309 e. The maximum absolute atomic E-state index is 2.50. The van der Waals surface area contributed by atoms with E-state index in [4.69, 9.17) is 0 Å². The number of nitrogens with zero attached hydrogens (tertiary/aromatic N) is 2. The van der Waals surface area contributed by atoms with Crippen LogP contribution in [0.3, 0.4) is 0 Å². The molecule has 2 nitrogen and oxygen atoms in total. The first-order valence-corrected chi connectivity index (χ1v) is 17.7. The molecule has 0 N–H and O–H groups in total. The number of aromatic nitrogens is 2. The lowest BCUT2D eigenvalue weighted by Gasteiger charge is -2.16. The van der Waals surface area contributed by atoms with Gasteiger partial charge in [-0.25, -0.2) is 0 Å². The van der Waals surface area contributed by atoms with Crippen molar-refractivity contribution in [1.82, 2.24) is 9.13 Å². The molecule has 51 heavy (non-hydrogen) atoms. The van der Waals surface area contributed by atoms with Crippen LogP contribution in [0.4, 0.5) is 0 Å². The van der Waals surface area contributed by atoms with Gasteiger partial charge in [0.05, 0.1) is 27.8 Å². The highest BCUT2D eigenvalue weighted by Gasteiger charge is 2.27. The van der Waals surface area contributed by atoms with E-state index in [-0.39, 0.29) is 0 Å². The molecule has 2 heteroatoms. The molecule has 1 aliphatic rings. The van der Waals surface area contributed by atoms with Crippen LogP contribution in [0.15, 0.2) is 182 Å². The van der Waals surface area contributed by atoms with E-state index in [2.05, 4.69) is 191 Å². The summed E-state index contributed by atoms with van der Waals surface area (Å²) in [5, 5.41) is 5.07. The van der Waals surface area contributed by atoms with Gasteiger partial charge in [-0.2, -0.15) is 0 Å². The zero-order chi connectivity index (χ0) is 33.5. The van der Waals surface area contributed by atoms with Crippen molar-refractivity contribution < 1.29 is 0 Å². The van der Waals surface area contributed by atoms with Crippen molar-refractivity contribution in [2.45, 2.75) is 6.42 Å². The standard InChI is InChI=1S/C49H32N2/c1-3-13-32(14-4-1)38-21-11-15-35-29-36-16-12-24-47(49(36)48(35)38)51-44-23-10-8-20-40(44)42-31-34(26-28-46(42)51)33-25-27-45-41(30-33)39-19-7-9-22-43(39)50(45)37-17-5-2-6-18-37/h1-28,30-31H,29H2. The number of hydrogen-bond donors (Lipinski definition) is 0. The molecule has 0 fully saturated rings. The minimum Gasteiger partial charge on any atom is -0.309 e. The fraction of sp³-hybridized carbons (Fsp3) is 0.0204. The van der Waals surface area contributed by atoms with Crippen LogP contribution in [0.5, 0.6) is 0 Å². The zero-order valence-corrected chi connectivity index (χ0v) is 27.9. The Morgan fingerprint density at radius 1 is 0.333 bits per heavy atom. The van der Waals surface area contributed by atoms with E-state index in [1.165, 1.54) is 99.5 Å². The van der Waals surface area contributed by atoms with Gasteiger partial charge in [-0.05, 0) is 100.0 Å². The number of benzene rings is 8. The Bertz CT molecular complexity index is 2980. The quantitative estimate of drug-likeness (QED) is 0.180. The van der Waals surface area contributed by atoms with Crippen LogP contribution in [0.25, 0.3) is 88.4 Å². The third-order valence-electron chi connectivity index (χ3n) is 10.9. The van der Waals surface area contributed by atoms with Crippen LogP contribution in [0.2, 0.25) is 0 Å². The van der Waals surface area contributed by atoms with Gasteiger partial charge in [-0.15, -0.1) is 0 Å². The van der Waals surface area contributed by atoms with Crippen LogP contribution in [0, 0.1) is 0 Å². The zero-order valence-electron chi connectivity index (χ0n) is 27.9. The summed E-state index contributed by atoms with van der Waals surface area (Å²) >= 11 is 0. The molecule has 0 radical (unpaired) electrons. The maximum atomic E-state index is 2.50. The molecule has 0 saturated carbocycles. The monoisotopic (exact) mass is 648 g/mol. The predicted octanol–water partition coefficient (Wildman–Crippen LogP) is 12.8. The normalized spacial score (nSPS) is 12.2. The molecular formula is C49H32N2. The molecular weight excluding hydrogens is 617 g/mol. The van der Waals surface area contributed by atoms with Gasteiger partial charge in [0.25, 0.3) is 0 Å².